The lowest BCUT2D eigenvalue weighted by Crippen LogP contribution is -2.31. The number of ether oxygens (including phenoxy) is 3. The number of hydrogen-bond acceptors (Lipinski definition) is 3. The topological polar surface area (TPSA) is 27.7 Å². The molecule has 3 aromatic rings. The molecule has 7 heteroatoms. The summed E-state index contributed by atoms with van der Waals surface area (Å²) in [6.45, 7) is 0.724. The highest BCUT2D eigenvalue weighted by Gasteiger charge is 2.44. The zero-order valence-corrected chi connectivity index (χ0v) is 18.5. The lowest BCUT2D eigenvalue weighted by atomic mass is 10.1. The van der Waals surface area contributed by atoms with Gasteiger partial charge in [-0.3, -0.25) is 0 Å². The SMILES string of the molecule is Clc1ccc(C2(CBr)OCC(COc3ccc(Cl)c4ccccc34)O2)c(Cl)c1. The number of hydrogen-bond donors (Lipinski definition) is 0. The monoisotopic (exact) mass is 500 g/mol. The molecule has 2 unspecified atom stereocenters. The van der Waals surface area contributed by atoms with Gasteiger partial charge < -0.3 is 14.2 Å². The van der Waals surface area contributed by atoms with Gasteiger partial charge in [-0.1, -0.05) is 81.1 Å². The van der Waals surface area contributed by atoms with Crippen molar-refractivity contribution in [3.05, 3.63) is 75.2 Å². The fourth-order valence-corrected chi connectivity index (χ4v) is 4.65. The second-order valence-corrected chi connectivity index (χ2v) is 8.28. The molecule has 1 heterocycles. The molecule has 4 rings (SSSR count). The number of rotatable bonds is 5. The molecule has 0 aromatic heterocycles. The maximum absolute atomic E-state index is 6.37. The van der Waals surface area contributed by atoms with Crippen molar-refractivity contribution in [1.29, 1.82) is 0 Å². The Balaban J connectivity index is 1.51. The molecule has 0 N–H and O–H groups in total. The molecule has 0 aliphatic carbocycles. The molecule has 0 radical (unpaired) electrons. The predicted octanol–water partition coefficient (Wildman–Crippen LogP) is 6.84. The Labute approximate surface area is 186 Å². The lowest BCUT2D eigenvalue weighted by molar-refractivity contribution is -0.159. The van der Waals surface area contributed by atoms with E-state index in [9.17, 15) is 0 Å². The maximum atomic E-state index is 6.37. The minimum Gasteiger partial charge on any atom is -0.490 e. The zero-order chi connectivity index (χ0) is 19.7. The summed E-state index contributed by atoms with van der Waals surface area (Å²) < 4.78 is 18.3. The van der Waals surface area contributed by atoms with E-state index in [2.05, 4.69) is 15.9 Å². The van der Waals surface area contributed by atoms with Crippen LogP contribution in [0.5, 0.6) is 5.75 Å². The van der Waals surface area contributed by atoms with Crippen molar-refractivity contribution in [1.82, 2.24) is 0 Å². The summed E-state index contributed by atoms with van der Waals surface area (Å²) in [7, 11) is 0. The Morgan fingerprint density at radius 3 is 2.54 bits per heavy atom. The summed E-state index contributed by atoms with van der Waals surface area (Å²) in [6.07, 6.45) is -0.251. The quantitative estimate of drug-likeness (QED) is 0.358. The second-order valence-electron chi connectivity index (χ2n) is 6.46. The van der Waals surface area contributed by atoms with Crippen molar-refractivity contribution < 1.29 is 14.2 Å². The highest BCUT2D eigenvalue weighted by Crippen LogP contribution is 2.40. The molecule has 28 heavy (non-hydrogen) atoms. The molecule has 0 saturated carbocycles. The normalized spacial score (nSPS) is 21.9. The van der Waals surface area contributed by atoms with Crippen LogP contribution in [0.25, 0.3) is 10.8 Å². The molecule has 1 aliphatic rings. The number of halogens is 4. The molecular formula is C21H16BrCl3O3. The van der Waals surface area contributed by atoms with Crippen LogP contribution in [0.2, 0.25) is 15.1 Å². The van der Waals surface area contributed by atoms with Gasteiger partial charge >= 0.3 is 0 Å². The molecule has 3 aromatic carbocycles. The van der Waals surface area contributed by atoms with Gasteiger partial charge in [0, 0.05) is 26.4 Å². The van der Waals surface area contributed by atoms with Gasteiger partial charge in [-0.25, -0.2) is 0 Å². The fraction of sp³-hybridized carbons (Fsp3) is 0.238. The molecule has 0 spiro atoms. The van der Waals surface area contributed by atoms with Crippen LogP contribution in [-0.2, 0) is 15.3 Å². The minimum absolute atomic E-state index is 0.251. The van der Waals surface area contributed by atoms with Gasteiger partial charge in [-0.05, 0) is 24.3 Å². The number of benzene rings is 3. The van der Waals surface area contributed by atoms with Crippen molar-refractivity contribution in [3.63, 3.8) is 0 Å². The van der Waals surface area contributed by atoms with Crippen LogP contribution in [0.15, 0.2) is 54.6 Å². The molecule has 1 aliphatic heterocycles. The van der Waals surface area contributed by atoms with Gasteiger partial charge in [-0.2, -0.15) is 0 Å². The summed E-state index contributed by atoms with van der Waals surface area (Å²) in [5, 5.41) is 4.10. The largest absolute Gasteiger partial charge is 0.490 e. The second kappa shape index (κ2) is 8.39. The van der Waals surface area contributed by atoms with Crippen LogP contribution >= 0.6 is 50.7 Å². The van der Waals surface area contributed by atoms with Crippen LogP contribution in [0.1, 0.15) is 5.56 Å². The van der Waals surface area contributed by atoms with Crippen LogP contribution in [0.3, 0.4) is 0 Å². The van der Waals surface area contributed by atoms with Gasteiger partial charge in [0.1, 0.15) is 18.5 Å². The standard InChI is InChI=1S/C21H16BrCl3O3/c22-12-21(17-6-5-13(23)9-19(17)25)27-11-14(28-21)10-26-20-8-7-18(24)15-3-1-2-4-16(15)20/h1-9,14H,10-12H2. The van der Waals surface area contributed by atoms with Crippen molar-refractivity contribution in [2.75, 3.05) is 18.5 Å². The van der Waals surface area contributed by atoms with Crippen molar-refractivity contribution in [3.8, 4) is 5.75 Å². The van der Waals surface area contributed by atoms with E-state index in [1.807, 2.05) is 42.5 Å². The summed E-state index contributed by atoms with van der Waals surface area (Å²) in [6, 6.07) is 16.8. The average Bonchev–Trinajstić information content (AvgIpc) is 3.12. The molecule has 2 atom stereocenters. The van der Waals surface area contributed by atoms with Crippen LogP contribution in [0.4, 0.5) is 0 Å². The highest BCUT2D eigenvalue weighted by molar-refractivity contribution is 9.09. The van der Waals surface area contributed by atoms with Crippen molar-refractivity contribution in [2.45, 2.75) is 11.9 Å². The fourth-order valence-electron chi connectivity index (χ4n) is 3.27. The van der Waals surface area contributed by atoms with E-state index < -0.39 is 5.79 Å². The van der Waals surface area contributed by atoms with E-state index in [0.29, 0.717) is 33.6 Å². The summed E-state index contributed by atoms with van der Waals surface area (Å²) in [4.78, 5) is 0. The van der Waals surface area contributed by atoms with E-state index in [1.165, 1.54) is 0 Å². The van der Waals surface area contributed by atoms with Gasteiger partial charge in [0.05, 0.1) is 17.0 Å². The molecule has 1 fully saturated rings. The Kier molecular flexibility index (Phi) is 6.07. The Morgan fingerprint density at radius 2 is 1.79 bits per heavy atom. The highest BCUT2D eigenvalue weighted by atomic mass is 79.9. The summed E-state index contributed by atoms with van der Waals surface area (Å²) in [5.74, 6) is -0.220. The summed E-state index contributed by atoms with van der Waals surface area (Å²) in [5.41, 5.74) is 0.731. The molecule has 3 nitrogen and oxygen atoms in total. The Morgan fingerprint density at radius 1 is 1.00 bits per heavy atom. The van der Waals surface area contributed by atoms with E-state index >= 15 is 0 Å². The molecule has 146 valence electrons. The first kappa shape index (κ1) is 20.3. The zero-order valence-electron chi connectivity index (χ0n) is 14.6. The number of alkyl halides is 1. The van der Waals surface area contributed by atoms with E-state index in [1.54, 1.807) is 12.1 Å². The first-order valence-electron chi connectivity index (χ1n) is 8.66. The third-order valence-electron chi connectivity index (χ3n) is 4.63. The maximum Gasteiger partial charge on any atom is 0.206 e. The first-order chi connectivity index (χ1) is 13.5. The van der Waals surface area contributed by atoms with Crippen molar-refractivity contribution in [2.24, 2.45) is 0 Å². The van der Waals surface area contributed by atoms with Gasteiger partial charge in [0.2, 0.25) is 5.79 Å². The third kappa shape index (κ3) is 3.87. The van der Waals surface area contributed by atoms with E-state index in [4.69, 9.17) is 49.0 Å². The van der Waals surface area contributed by atoms with Gasteiger partial charge in [-0.15, -0.1) is 0 Å². The van der Waals surface area contributed by atoms with Crippen LogP contribution < -0.4 is 4.74 Å². The molecular weight excluding hydrogens is 486 g/mol. The smallest absolute Gasteiger partial charge is 0.206 e. The Bertz CT molecular complexity index is 1010. The lowest BCUT2D eigenvalue weighted by Gasteiger charge is -2.27. The van der Waals surface area contributed by atoms with E-state index in [0.717, 1.165) is 22.1 Å². The van der Waals surface area contributed by atoms with Gasteiger partial charge in [0.25, 0.3) is 0 Å². The third-order valence-corrected chi connectivity index (χ3v) is 6.25. The van der Waals surface area contributed by atoms with Crippen LogP contribution in [-0.4, -0.2) is 24.6 Å². The minimum atomic E-state index is -0.974. The Hall–Kier alpha value is -1.01. The molecule has 0 amide bonds. The first-order valence-corrected chi connectivity index (χ1v) is 10.9. The average molecular weight is 503 g/mol. The van der Waals surface area contributed by atoms with Crippen molar-refractivity contribution >= 4 is 61.5 Å². The van der Waals surface area contributed by atoms with E-state index in [-0.39, 0.29) is 6.10 Å². The predicted molar refractivity (Wildman–Crippen MR) is 117 cm³/mol. The molecule has 0 bridgehead atoms. The van der Waals surface area contributed by atoms with Crippen LogP contribution in [0, 0.1) is 0 Å². The number of fused-ring (bicyclic) bond motifs is 1. The molecule has 1 saturated heterocycles. The summed E-state index contributed by atoms with van der Waals surface area (Å²) >= 11 is 22.1. The van der Waals surface area contributed by atoms with Gasteiger partial charge in [0.15, 0.2) is 0 Å².